The molecule has 10 heteroatoms. The fourth-order valence-electron chi connectivity index (χ4n) is 2.84. The highest BCUT2D eigenvalue weighted by molar-refractivity contribution is 7.13. The number of benzene rings is 1. The van der Waals surface area contributed by atoms with Gasteiger partial charge in [-0.2, -0.15) is 13.2 Å². The normalized spacial score (nSPS) is 15.5. The fraction of sp³-hybridized carbons (Fsp3) is 0.444. The number of amides is 1. The highest BCUT2D eigenvalue weighted by atomic mass is 32.1. The van der Waals surface area contributed by atoms with E-state index in [1.165, 1.54) is 0 Å². The van der Waals surface area contributed by atoms with Crippen molar-refractivity contribution in [2.24, 2.45) is 0 Å². The van der Waals surface area contributed by atoms with Crippen LogP contribution < -0.4 is 15.0 Å². The van der Waals surface area contributed by atoms with Crippen LogP contribution in [0.3, 0.4) is 0 Å². The van der Waals surface area contributed by atoms with Crippen LogP contribution in [0, 0.1) is 0 Å². The van der Waals surface area contributed by atoms with Crippen LogP contribution in [0.25, 0.3) is 0 Å². The molecule has 0 atom stereocenters. The smallest absolute Gasteiger partial charge is 0.434 e. The quantitative estimate of drug-likeness (QED) is 0.786. The fourth-order valence-corrected chi connectivity index (χ4v) is 3.73. The third-order valence-corrected chi connectivity index (χ3v) is 5.14. The molecule has 1 amide bonds. The second-order valence-electron chi connectivity index (χ2n) is 6.28. The molecule has 2 aromatic rings. The molecule has 0 radical (unpaired) electrons. The number of hydrogen-bond donors (Lipinski definition) is 1. The Morgan fingerprint density at radius 3 is 2.46 bits per heavy atom. The number of aromatic nitrogens is 1. The molecule has 2 heterocycles. The Hall–Kier alpha value is -2.33. The van der Waals surface area contributed by atoms with Crippen LogP contribution >= 0.6 is 11.3 Å². The lowest BCUT2D eigenvalue weighted by Crippen LogP contribution is -2.48. The molecular formula is C18H21F3N4O2S. The van der Waals surface area contributed by atoms with Crippen LogP contribution in [-0.4, -0.2) is 55.1 Å². The number of halogens is 3. The minimum Gasteiger partial charge on any atom is -0.494 e. The average molecular weight is 414 g/mol. The van der Waals surface area contributed by atoms with E-state index in [4.69, 9.17) is 4.74 Å². The number of anilines is 2. The number of piperazine rings is 1. The Bertz CT molecular complexity index is 787. The van der Waals surface area contributed by atoms with Gasteiger partial charge in [-0.15, -0.1) is 11.3 Å². The second kappa shape index (κ2) is 8.78. The average Bonchev–Trinajstić information content (AvgIpc) is 3.15. The van der Waals surface area contributed by atoms with Gasteiger partial charge in [-0.25, -0.2) is 4.98 Å². The zero-order valence-electron chi connectivity index (χ0n) is 15.3. The van der Waals surface area contributed by atoms with Crippen LogP contribution in [-0.2, 0) is 11.0 Å². The van der Waals surface area contributed by atoms with Crippen molar-refractivity contribution in [1.29, 1.82) is 0 Å². The molecule has 0 spiro atoms. The number of ether oxygens (including phenoxy) is 1. The molecule has 3 rings (SSSR count). The molecule has 1 aromatic heterocycles. The maximum atomic E-state index is 12.7. The zero-order chi connectivity index (χ0) is 20.1. The molecule has 1 fully saturated rings. The summed E-state index contributed by atoms with van der Waals surface area (Å²) in [7, 11) is 0. The summed E-state index contributed by atoms with van der Waals surface area (Å²) >= 11 is 0.991. The summed E-state index contributed by atoms with van der Waals surface area (Å²) < 4.78 is 43.4. The van der Waals surface area contributed by atoms with Crippen molar-refractivity contribution in [2.75, 3.05) is 49.5 Å². The Kier molecular flexibility index (Phi) is 6.40. The lowest BCUT2D eigenvalue weighted by molar-refractivity contribution is -0.140. The molecule has 1 saturated heterocycles. The highest BCUT2D eigenvalue weighted by Crippen LogP contribution is 2.33. The van der Waals surface area contributed by atoms with E-state index in [1.807, 2.05) is 16.7 Å². The lowest BCUT2D eigenvalue weighted by atomic mass is 10.3. The summed E-state index contributed by atoms with van der Waals surface area (Å²) in [5.41, 5.74) is -0.167. The molecule has 6 nitrogen and oxygen atoms in total. The van der Waals surface area contributed by atoms with Crippen LogP contribution in [0.4, 0.5) is 24.0 Å². The second-order valence-corrected chi connectivity index (χ2v) is 7.12. The van der Waals surface area contributed by atoms with E-state index in [-0.39, 0.29) is 12.5 Å². The van der Waals surface area contributed by atoms with Gasteiger partial charge in [0.1, 0.15) is 5.75 Å². The lowest BCUT2D eigenvalue weighted by Gasteiger charge is -2.34. The molecule has 0 aliphatic carbocycles. The minimum atomic E-state index is -4.42. The van der Waals surface area contributed by atoms with Crippen molar-refractivity contribution >= 4 is 28.1 Å². The first kappa shape index (κ1) is 20.4. The van der Waals surface area contributed by atoms with Gasteiger partial charge < -0.3 is 15.0 Å². The number of alkyl halides is 3. The van der Waals surface area contributed by atoms with Gasteiger partial charge in [0.25, 0.3) is 0 Å². The Balaban J connectivity index is 1.46. The number of nitrogens with one attached hydrogen (secondary N) is 1. The van der Waals surface area contributed by atoms with Crippen LogP contribution in [0.5, 0.6) is 5.75 Å². The van der Waals surface area contributed by atoms with Crippen molar-refractivity contribution in [1.82, 2.24) is 9.88 Å². The minimum absolute atomic E-state index is 0.133. The van der Waals surface area contributed by atoms with Crippen molar-refractivity contribution < 1.29 is 22.7 Å². The first-order valence-electron chi connectivity index (χ1n) is 8.88. The molecule has 152 valence electrons. The van der Waals surface area contributed by atoms with E-state index in [0.29, 0.717) is 43.6 Å². The van der Waals surface area contributed by atoms with Gasteiger partial charge >= 0.3 is 6.18 Å². The summed E-state index contributed by atoms with van der Waals surface area (Å²) in [6, 6.07) is 7.14. The topological polar surface area (TPSA) is 57.7 Å². The third kappa shape index (κ3) is 5.35. The van der Waals surface area contributed by atoms with Crippen molar-refractivity contribution in [3.63, 3.8) is 0 Å². The summed E-state index contributed by atoms with van der Waals surface area (Å²) in [6.45, 7) is 4.93. The van der Waals surface area contributed by atoms with E-state index >= 15 is 0 Å². The molecule has 0 saturated carbocycles. The van der Waals surface area contributed by atoms with E-state index in [2.05, 4.69) is 10.3 Å². The maximum Gasteiger partial charge on any atom is 0.434 e. The molecule has 1 aliphatic rings. The van der Waals surface area contributed by atoms with E-state index in [0.717, 1.165) is 22.5 Å². The van der Waals surface area contributed by atoms with Crippen LogP contribution in [0.1, 0.15) is 12.6 Å². The van der Waals surface area contributed by atoms with E-state index < -0.39 is 11.9 Å². The molecule has 0 bridgehead atoms. The van der Waals surface area contributed by atoms with Crippen LogP contribution in [0.2, 0.25) is 0 Å². The van der Waals surface area contributed by atoms with Gasteiger partial charge in [0.05, 0.1) is 13.2 Å². The maximum absolute atomic E-state index is 12.7. The summed E-state index contributed by atoms with van der Waals surface area (Å²) in [6.07, 6.45) is -4.42. The molecule has 1 N–H and O–H groups in total. The van der Waals surface area contributed by atoms with Crippen molar-refractivity contribution in [2.45, 2.75) is 13.1 Å². The standard InChI is InChI=1S/C18H21F3N4O2S/c1-2-27-14-5-3-13(4-6-14)22-16(26)11-24-7-9-25(10-8-24)17-23-15(12-28-17)18(19,20)21/h3-6,12H,2,7-11H2,1H3,(H,22,26). The predicted octanol–water partition coefficient (Wildman–Crippen LogP) is 3.32. The molecular weight excluding hydrogens is 393 g/mol. The van der Waals surface area contributed by atoms with E-state index in [1.54, 1.807) is 24.3 Å². The number of carbonyl (C=O) groups excluding carboxylic acids is 1. The van der Waals surface area contributed by atoms with Gasteiger partial charge in [0.2, 0.25) is 5.91 Å². The summed E-state index contributed by atoms with van der Waals surface area (Å²) in [5, 5.41) is 4.24. The monoisotopic (exact) mass is 414 g/mol. The van der Waals surface area contributed by atoms with Gasteiger partial charge in [-0.1, -0.05) is 0 Å². The number of nitrogens with zero attached hydrogens (tertiary/aromatic N) is 3. The van der Waals surface area contributed by atoms with Crippen molar-refractivity contribution in [3.8, 4) is 5.75 Å². The third-order valence-electron chi connectivity index (χ3n) is 4.24. The van der Waals surface area contributed by atoms with Crippen molar-refractivity contribution in [3.05, 3.63) is 35.3 Å². The summed E-state index contributed by atoms with van der Waals surface area (Å²) in [4.78, 5) is 19.7. The SMILES string of the molecule is CCOc1ccc(NC(=O)CN2CCN(c3nc(C(F)(F)F)cs3)CC2)cc1. The largest absolute Gasteiger partial charge is 0.494 e. The number of hydrogen-bond acceptors (Lipinski definition) is 6. The van der Waals surface area contributed by atoms with Gasteiger partial charge in [0.15, 0.2) is 10.8 Å². The molecule has 28 heavy (non-hydrogen) atoms. The number of rotatable bonds is 6. The van der Waals surface area contributed by atoms with Gasteiger partial charge in [0, 0.05) is 37.2 Å². The van der Waals surface area contributed by atoms with E-state index in [9.17, 15) is 18.0 Å². The zero-order valence-corrected chi connectivity index (χ0v) is 16.1. The van der Waals surface area contributed by atoms with Gasteiger partial charge in [-0.3, -0.25) is 9.69 Å². The Labute approximate surface area is 164 Å². The summed E-state index contributed by atoms with van der Waals surface area (Å²) in [5.74, 6) is 0.610. The van der Waals surface area contributed by atoms with Gasteiger partial charge in [-0.05, 0) is 31.2 Å². The first-order chi connectivity index (χ1) is 13.3. The predicted molar refractivity (Wildman–Crippen MR) is 102 cm³/mol. The molecule has 1 aliphatic heterocycles. The van der Waals surface area contributed by atoms with Crippen LogP contribution in [0.15, 0.2) is 29.6 Å². The highest BCUT2D eigenvalue weighted by Gasteiger charge is 2.34. The number of carbonyl (C=O) groups is 1. The molecule has 0 unspecified atom stereocenters. The Morgan fingerprint density at radius 1 is 1.21 bits per heavy atom. The molecule has 1 aromatic carbocycles. The number of thiazole rings is 1. The Morgan fingerprint density at radius 2 is 1.89 bits per heavy atom. The first-order valence-corrected chi connectivity index (χ1v) is 9.76.